The third-order valence-corrected chi connectivity index (χ3v) is 14.5. The van der Waals surface area contributed by atoms with Crippen molar-refractivity contribution in [3.05, 3.63) is 12.2 Å². The van der Waals surface area contributed by atoms with E-state index in [0.717, 1.165) is 57.8 Å². The van der Waals surface area contributed by atoms with Crippen LogP contribution in [0.5, 0.6) is 0 Å². The Morgan fingerprint density at radius 2 is 0.471 bits per heavy atom. The highest BCUT2D eigenvalue weighted by Gasteiger charge is 2.19. The summed E-state index contributed by atoms with van der Waals surface area (Å²) in [4.78, 5) is 38.3. The van der Waals surface area contributed by atoms with Crippen molar-refractivity contribution >= 4 is 17.9 Å². The normalized spacial score (nSPS) is 12.0. The van der Waals surface area contributed by atoms with Crippen molar-refractivity contribution in [2.45, 2.75) is 367 Å². The summed E-state index contributed by atoms with van der Waals surface area (Å²) in [6, 6.07) is 0. The van der Waals surface area contributed by atoms with E-state index in [1.807, 2.05) is 0 Å². The Morgan fingerprint density at radius 1 is 0.271 bits per heavy atom. The van der Waals surface area contributed by atoms with Crippen molar-refractivity contribution in [1.82, 2.24) is 0 Å². The fourth-order valence-electron chi connectivity index (χ4n) is 9.74. The predicted molar refractivity (Wildman–Crippen MR) is 303 cm³/mol. The second-order valence-electron chi connectivity index (χ2n) is 21.7. The van der Waals surface area contributed by atoms with Crippen molar-refractivity contribution in [3.8, 4) is 0 Å². The molecule has 0 aromatic carbocycles. The monoisotopic (exact) mass is 987 g/mol. The molecule has 0 fully saturated rings. The number of hydrogen-bond acceptors (Lipinski definition) is 6. The van der Waals surface area contributed by atoms with Gasteiger partial charge in [0, 0.05) is 19.3 Å². The molecule has 0 saturated heterocycles. The number of rotatable bonds is 59. The highest BCUT2D eigenvalue weighted by molar-refractivity contribution is 5.71. The van der Waals surface area contributed by atoms with Crippen molar-refractivity contribution in [1.29, 1.82) is 0 Å². The first-order valence-corrected chi connectivity index (χ1v) is 31.7. The van der Waals surface area contributed by atoms with Gasteiger partial charge in [0.1, 0.15) is 13.2 Å². The van der Waals surface area contributed by atoms with Crippen LogP contribution in [0.15, 0.2) is 12.2 Å². The minimum Gasteiger partial charge on any atom is -0.462 e. The lowest BCUT2D eigenvalue weighted by atomic mass is 10.0. The molecule has 0 heterocycles. The lowest BCUT2D eigenvalue weighted by Gasteiger charge is -2.18. The van der Waals surface area contributed by atoms with Crippen LogP contribution in [0.25, 0.3) is 0 Å². The second-order valence-corrected chi connectivity index (χ2v) is 21.7. The molecule has 6 heteroatoms. The third-order valence-electron chi connectivity index (χ3n) is 14.5. The summed E-state index contributed by atoms with van der Waals surface area (Å²) in [5.74, 6) is -0.839. The SMILES string of the molecule is CCCCCC/C=C\CCCCCCCCCC(=O)OCC(COC(=O)CCCCCCCCCCCCCCCCCCCCC)OC(=O)CCCCCCCCCCCCCCCCCCCC. The zero-order valence-corrected chi connectivity index (χ0v) is 47.6. The van der Waals surface area contributed by atoms with Crippen molar-refractivity contribution in [3.63, 3.8) is 0 Å². The molecule has 0 aliphatic carbocycles. The number of carbonyl (C=O) groups is 3. The van der Waals surface area contributed by atoms with Gasteiger partial charge in [0.05, 0.1) is 0 Å². The van der Waals surface area contributed by atoms with Crippen LogP contribution in [0.2, 0.25) is 0 Å². The van der Waals surface area contributed by atoms with Gasteiger partial charge in [-0.15, -0.1) is 0 Å². The first kappa shape index (κ1) is 68.2. The van der Waals surface area contributed by atoms with E-state index in [4.69, 9.17) is 14.2 Å². The minimum atomic E-state index is -0.767. The van der Waals surface area contributed by atoms with E-state index in [2.05, 4.69) is 32.9 Å². The highest BCUT2D eigenvalue weighted by atomic mass is 16.6. The second kappa shape index (κ2) is 59.7. The lowest BCUT2D eigenvalue weighted by molar-refractivity contribution is -0.167. The molecular weight excluding hydrogens is 865 g/mol. The molecule has 0 radical (unpaired) electrons. The molecule has 70 heavy (non-hydrogen) atoms. The molecule has 0 aliphatic heterocycles. The molecule has 0 aromatic heterocycles. The van der Waals surface area contributed by atoms with Crippen LogP contribution in [-0.2, 0) is 28.6 Å². The zero-order valence-electron chi connectivity index (χ0n) is 47.6. The molecule has 414 valence electrons. The van der Waals surface area contributed by atoms with Crippen molar-refractivity contribution in [2.24, 2.45) is 0 Å². The number of hydrogen-bond donors (Lipinski definition) is 0. The molecule has 0 amide bonds. The van der Waals surface area contributed by atoms with Crippen molar-refractivity contribution in [2.75, 3.05) is 13.2 Å². The Labute approximate surface area is 437 Å². The molecule has 0 bridgehead atoms. The standard InChI is InChI=1S/C64H122O6/c1-4-7-10-13-16-19-22-25-28-30-32-34-36-39-42-45-48-51-54-57-63(66)69-60-61(59-68-62(65)56-53-50-47-44-41-38-35-27-24-21-18-15-12-9-6-3)70-64(67)58-55-52-49-46-43-40-37-33-31-29-26-23-20-17-14-11-8-5-2/h21,24,61H,4-20,22-23,25-60H2,1-3H3/b24-21-. The Bertz CT molecular complexity index is 1090. The molecule has 0 saturated carbocycles. The highest BCUT2D eigenvalue weighted by Crippen LogP contribution is 2.18. The van der Waals surface area contributed by atoms with Gasteiger partial charge in [0.2, 0.25) is 0 Å². The summed E-state index contributed by atoms with van der Waals surface area (Å²) in [5, 5.41) is 0. The first-order valence-electron chi connectivity index (χ1n) is 31.7. The number of unbranched alkanes of at least 4 members (excludes halogenated alkanes) is 46. The topological polar surface area (TPSA) is 78.9 Å². The number of carbonyl (C=O) groups excluding carboxylic acids is 3. The zero-order chi connectivity index (χ0) is 50.7. The molecule has 1 atom stereocenters. The Kier molecular flexibility index (Phi) is 58.1. The average molecular weight is 988 g/mol. The number of esters is 3. The fourth-order valence-corrected chi connectivity index (χ4v) is 9.74. The first-order chi connectivity index (χ1) is 34.5. The van der Waals surface area contributed by atoms with Gasteiger partial charge in [-0.25, -0.2) is 0 Å². The third kappa shape index (κ3) is 57.1. The van der Waals surface area contributed by atoms with E-state index in [1.165, 1.54) is 263 Å². The molecule has 0 rings (SSSR count). The van der Waals surface area contributed by atoms with Gasteiger partial charge in [-0.05, 0) is 44.9 Å². The van der Waals surface area contributed by atoms with Crippen LogP contribution in [0.4, 0.5) is 0 Å². The smallest absolute Gasteiger partial charge is 0.306 e. The average Bonchev–Trinajstić information content (AvgIpc) is 3.36. The van der Waals surface area contributed by atoms with Gasteiger partial charge >= 0.3 is 17.9 Å². The molecular formula is C64H122O6. The van der Waals surface area contributed by atoms with Gasteiger partial charge in [-0.3, -0.25) is 14.4 Å². The van der Waals surface area contributed by atoms with Crippen LogP contribution in [0, 0.1) is 0 Å². The minimum absolute atomic E-state index is 0.0646. The van der Waals surface area contributed by atoms with E-state index in [-0.39, 0.29) is 31.1 Å². The van der Waals surface area contributed by atoms with Gasteiger partial charge in [-0.1, -0.05) is 309 Å². The summed E-state index contributed by atoms with van der Waals surface area (Å²) in [6.45, 7) is 6.70. The van der Waals surface area contributed by atoms with Crippen LogP contribution < -0.4 is 0 Å². The Hall–Kier alpha value is -1.85. The number of ether oxygens (including phenoxy) is 3. The predicted octanol–water partition coefficient (Wildman–Crippen LogP) is 21.3. The Balaban J connectivity index is 4.29. The van der Waals surface area contributed by atoms with Gasteiger partial charge < -0.3 is 14.2 Å². The maximum Gasteiger partial charge on any atom is 0.306 e. The quantitative estimate of drug-likeness (QED) is 0.0261. The summed E-state index contributed by atoms with van der Waals surface area (Å²) in [6.07, 6.45) is 69.2. The maximum atomic E-state index is 12.9. The van der Waals surface area contributed by atoms with Crippen LogP contribution in [0.3, 0.4) is 0 Å². The molecule has 0 N–H and O–H groups in total. The summed E-state index contributed by atoms with van der Waals surface area (Å²) >= 11 is 0. The summed E-state index contributed by atoms with van der Waals surface area (Å²) < 4.78 is 16.9. The Morgan fingerprint density at radius 3 is 0.729 bits per heavy atom. The largest absolute Gasteiger partial charge is 0.462 e. The van der Waals surface area contributed by atoms with E-state index in [0.29, 0.717) is 19.3 Å². The van der Waals surface area contributed by atoms with E-state index < -0.39 is 6.10 Å². The molecule has 0 aliphatic rings. The van der Waals surface area contributed by atoms with Crippen LogP contribution in [0.1, 0.15) is 361 Å². The molecule has 1 unspecified atom stereocenters. The van der Waals surface area contributed by atoms with Gasteiger partial charge in [0.25, 0.3) is 0 Å². The van der Waals surface area contributed by atoms with Gasteiger partial charge in [0.15, 0.2) is 6.10 Å². The van der Waals surface area contributed by atoms with Gasteiger partial charge in [-0.2, -0.15) is 0 Å². The van der Waals surface area contributed by atoms with Crippen LogP contribution >= 0.6 is 0 Å². The van der Waals surface area contributed by atoms with E-state index >= 15 is 0 Å². The fraction of sp³-hybridized carbons (Fsp3) is 0.922. The molecule has 0 spiro atoms. The molecule has 6 nitrogen and oxygen atoms in total. The number of allylic oxidation sites excluding steroid dienone is 2. The van der Waals surface area contributed by atoms with Crippen LogP contribution in [-0.4, -0.2) is 37.2 Å². The van der Waals surface area contributed by atoms with E-state index in [9.17, 15) is 14.4 Å². The maximum absolute atomic E-state index is 12.9. The van der Waals surface area contributed by atoms with E-state index in [1.54, 1.807) is 0 Å². The summed E-state index contributed by atoms with van der Waals surface area (Å²) in [7, 11) is 0. The summed E-state index contributed by atoms with van der Waals surface area (Å²) in [5.41, 5.74) is 0. The molecule has 0 aromatic rings. The lowest BCUT2D eigenvalue weighted by Crippen LogP contribution is -2.30. The van der Waals surface area contributed by atoms with Crippen molar-refractivity contribution < 1.29 is 28.6 Å².